The van der Waals surface area contributed by atoms with Crippen molar-refractivity contribution in [2.45, 2.75) is 18.0 Å². The number of hydrogen-bond acceptors (Lipinski definition) is 3. The van der Waals surface area contributed by atoms with E-state index in [-0.39, 0.29) is 10.7 Å². The largest absolute Gasteiger partial charge is 0.309 e. The molecule has 4 nitrogen and oxygen atoms in total. The van der Waals surface area contributed by atoms with Crippen LogP contribution in [0.2, 0.25) is 0 Å². The third-order valence-electron chi connectivity index (χ3n) is 2.89. The van der Waals surface area contributed by atoms with E-state index >= 15 is 0 Å². The normalized spacial score (nSPS) is 11.6. The Kier molecular flexibility index (Phi) is 5.10. The molecule has 0 fully saturated rings. The number of halogens is 2. The van der Waals surface area contributed by atoms with Crippen molar-refractivity contribution in [3.8, 4) is 0 Å². The molecule has 3 N–H and O–H groups in total. The predicted molar refractivity (Wildman–Crippen MR) is 82.5 cm³/mol. The maximum Gasteiger partial charge on any atom is 0.238 e. The van der Waals surface area contributed by atoms with Crippen LogP contribution in [0.25, 0.3) is 0 Å². The molecule has 2 rings (SSSR count). The SMILES string of the molecule is NS(=O)(=O)c1cccc(CNCc2ccc(Br)cc2F)c1. The van der Waals surface area contributed by atoms with Gasteiger partial charge in [-0.1, -0.05) is 34.1 Å². The van der Waals surface area contributed by atoms with E-state index in [0.717, 1.165) is 5.56 Å². The van der Waals surface area contributed by atoms with E-state index in [1.165, 1.54) is 18.2 Å². The van der Waals surface area contributed by atoms with E-state index in [2.05, 4.69) is 21.2 Å². The van der Waals surface area contributed by atoms with Crippen molar-refractivity contribution in [1.29, 1.82) is 0 Å². The van der Waals surface area contributed by atoms with Crippen LogP contribution in [0.3, 0.4) is 0 Å². The summed E-state index contributed by atoms with van der Waals surface area (Å²) in [6, 6.07) is 11.2. The maximum absolute atomic E-state index is 13.6. The minimum Gasteiger partial charge on any atom is -0.309 e. The third kappa shape index (κ3) is 4.60. The molecule has 0 unspecified atom stereocenters. The van der Waals surface area contributed by atoms with Crippen LogP contribution in [0, 0.1) is 5.82 Å². The van der Waals surface area contributed by atoms with Gasteiger partial charge in [-0.15, -0.1) is 0 Å². The molecule has 0 radical (unpaired) electrons. The first-order valence-corrected chi connectivity index (χ1v) is 8.46. The number of benzene rings is 2. The number of primary sulfonamides is 1. The van der Waals surface area contributed by atoms with Gasteiger partial charge in [0.25, 0.3) is 0 Å². The van der Waals surface area contributed by atoms with Crippen molar-refractivity contribution in [2.24, 2.45) is 5.14 Å². The zero-order valence-corrected chi connectivity index (χ0v) is 13.4. The molecule has 0 spiro atoms. The van der Waals surface area contributed by atoms with Gasteiger partial charge in [-0.2, -0.15) is 0 Å². The smallest absolute Gasteiger partial charge is 0.238 e. The second-order valence-electron chi connectivity index (χ2n) is 4.53. The van der Waals surface area contributed by atoms with Crippen molar-refractivity contribution in [3.05, 3.63) is 63.9 Å². The standard InChI is InChI=1S/C14H14BrFN2O2S/c15-12-5-4-11(14(16)7-12)9-18-8-10-2-1-3-13(6-10)21(17,19)20/h1-7,18H,8-9H2,(H2,17,19,20). The Balaban J connectivity index is 2.01. The zero-order chi connectivity index (χ0) is 15.5. The van der Waals surface area contributed by atoms with Crippen LogP contribution in [0.15, 0.2) is 51.8 Å². The number of sulfonamides is 1. The van der Waals surface area contributed by atoms with Gasteiger partial charge in [-0.3, -0.25) is 0 Å². The van der Waals surface area contributed by atoms with E-state index < -0.39 is 10.0 Å². The lowest BCUT2D eigenvalue weighted by atomic mass is 10.2. The van der Waals surface area contributed by atoms with Crippen molar-refractivity contribution >= 4 is 26.0 Å². The van der Waals surface area contributed by atoms with Gasteiger partial charge in [-0.05, 0) is 29.8 Å². The monoisotopic (exact) mass is 372 g/mol. The van der Waals surface area contributed by atoms with Crippen LogP contribution < -0.4 is 10.5 Å². The molecule has 0 atom stereocenters. The summed E-state index contributed by atoms with van der Waals surface area (Å²) in [6.45, 7) is 0.761. The number of hydrogen-bond donors (Lipinski definition) is 2. The minimum atomic E-state index is -3.71. The number of nitrogens with one attached hydrogen (secondary N) is 1. The molecule has 0 aromatic heterocycles. The highest BCUT2D eigenvalue weighted by Crippen LogP contribution is 2.15. The van der Waals surface area contributed by atoms with Crippen molar-refractivity contribution in [2.75, 3.05) is 0 Å². The lowest BCUT2D eigenvalue weighted by molar-refractivity contribution is 0.586. The quantitative estimate of drug-likeness (QED) is 0.846. The van der Waals surface area contributed by atoms with Gasteiger partial charge in [0.15, 0.2) is 0 Å². The summed E-state index contributed by atoms with van der Waals surface area (Å²) in [5.41, 5.74) is 1.31. The fraction of sp³-hybridized carbons (Fsp3) is 0.143. The van der Waals surface area contributed by atoms with E-state index in [0.29, 0.717) is 23.1 Å². The van der Waals surface area contributed by atoms with Crippen molar-refractivity contribution in [1.82, 2.24) is 5.32 Å². The summed E-state index contributed by atoms with van der Waals surface area (Å²) in [4.78, 5) is 0.0663. The summed E-state index contributed by atoms with van der Waals surface area (Å²) in [7, 11) is -3.71. The molecule has 0 aliphatic rings. The van der Waals surface area contributed by atoms with Crippen LogP contribution in [0.5, 0.6) is 0 Å². The third-order valence-corrected chi connectivity index (χ3v) is 4.29. The Morgan fingerprint density at radius 3 is 2.57 bits per heavy atom. The topological polar surface area (TPSA) is 72.2 Å². The average Bonchev–Trinajstić information content (AvgIpc) is 2.41. The predicted octanol–water partition coefficient (Wildman–Crippen LogP) is 2.53. The minimum absolute atomic E-state index is 0.0663. The van der Waals surface area contributed by atoms with Crippen LogP contribution in [0.1, 0.15) is 11.1 Å². The Bertz CT molecular complexity index is 750. The average molecular weight is 373 g/mol. The molecule has 2 aromatic rings. The second kappa shape index (κ2) is 6.65. The van der Waals surface area contributed by atoms with Gasteiger partial charge in [-0.25, -0.2) is 17.9 Å². The van der Waals surface area contributed by atoms with Crippen LogP contribution in [0.4, 0.5) is 4.39 Å². The fourth-order valence-electron chi connectivity index (χ4n) is 1.84. The summed E-state index contributed by atoms with van der Waals surface area (Å²) < 4.78 is 36.8. The highest BCUT2D eigenvalue weighted by molar-refractivity contribution is 9.10. The molecule has 0 aliphatic carbocycles. The first-order chi connectivity index (χ1) is 9.86. The second-order valence-corrected chi connectivity index (χ2v) is 7.01. The first-order valence-electron chi connectivity index (χ1n) is 6.12. The Hall–Kier alpha value is -1.28. The molecular weight excluding hydrogens is 359 g/mol. The molecule has 7 heteroatoms. The van der Waals surface area contributed by atoms with Gasteiger partial charge < -0.3 is 5.32 Å². The molecule has 21 heavy (non-hydrogen) atoms. The molecule has 112 valence electrons. The van der Waals surface area contributed by atoms with Crippen molar-refractivity contribution in [3.63, 3.8) is 0 Å². The molecule has 0 amide bonds. The van der Waals surface area contributed by atoms with Gasteiger partial charge in [0.05, 0.1) is 4.90 Å². The van der Waals surface area contributed by atoms with Crippen LogP contribution in [-0.4, -0.2) is 8.42 Å². The highest BCUT2D eigenvalue weighted by atomic mass is 79.9. The molecular formula is C14H14BrFN2O2S. The molecule has 0 heterocycles. The first kappa shape index (κ1) is 16.1. The summed E-state index contributed by atoms with van der Waals surface area (Å²) in [6.07, 6.45) is 0. The van der Waals surface area contributed by atoms with Gasteiger partial charge in [0.2, 0.25) is 10.0 Å². The fourth-order valence-corrected chi connectivity index (χ4v) is 2.76. The van der Waals surface area contributed by atoms with Gasteiger partial charge in [0.1, 0.15) is 5.82 Å². The van der Waals surface area contributed by atoms with E-state index in [4.69, 9.17) is 5.14 Å². The molecule has 0 saturated heterocycles. The molecule has 0 saturated carbocycles. The van der Waals surface area contributed by atoms with Crippen molar-refractivity contribution < 1.29 is 12.8 Å². The number of rotatable bonds is 5. The zero-order valence-electron chi connectivity index (χ0n) is 11.0. The van der Waals surface area contributed by atoms with Gasteiger partial charge in [0, 0.05) is 23.1 Å². The maximum atomic E-state index is 13.6. The van der Waals surface area contributed by atoms with Crippen LogP contribution in [-0.2, 0) is 23.1 Å². The van der Waals surface area contributed by atoms with Crippen LogP contribution >= 0.6 is 15.9 Å². The summed E-state index contributed by atoms with van der Waals surface area (Å²) in [5.74, 6) is -0.296. The Morgan fingerprint density at radius 1 is 1.14 bits per heavy atom. The van der Waals surface area contributed by atoms with Gasteiger partial charge >= 0.3 is 0 Å². The number of nitrogens with two attached hydrogens (primary N) is 1. The van der Waals surface area contributed by atoms with E-state index in [9.17, 15) is 12.8 Å². The molecule has 0 aliphatic heterocycles. The highest BCUT2D eigenvalue weighted by Gasteiger charge is 2.08. The molecule has 2 aromatic carbocycles. The Labute approximate surface area is 131 Å². The summed E-state index contributed by atoms with van der Waals surface area (Å²) >= 11 is 3.20. The van der Waals surface area contributed by atoms with E-state index in [1.54, 1.807) is 24.3 Å². The lowest BCUT2D eigenvalue weighted by Crippen LogP contribution is -2.15. The summed E-state index contributed by atoms with van der Waals surface area (Å²) in [5, 5.41) is 8.14. The lowest BCUT2D eigenvalue weighted by Gasteiger charge is -2.07. The van der Waals surface area contributed by atoms with E-state index in [1.807, 2.05) is 0 Å². The Morgan fingerprint density at radius 2 is 1.90 bits per heavy atom. The molecule has 0 bridgehead atoms.